The van der Waals surface area contributed by atoms with Gasteiger partial charge >= 0.3 is 0 Å². The van der Waals surface area contributed by atoms with Gasteiger partial charge in [-0.2, -0.15) is 0 Å². The first-order valence-corrected chi connectivity index (χ1v) is 8.89. The summed E-state index contributed by atoms with van der Waals surface area (Å²) in [6.45, 7) is 6.11. The van der Waals surface area contributed by atoms with E-state index in [0.717, 1.165) is 17.7 Å². The standard InChI is InChI=1S/C17H22N2O2S/c1-10-4-5-14(12(3)6-10)18-16(20)15-8-22-9-19(15)17(21)13-7-11(13)2/h4-6,11,13,15H,7-9H2,1-3H3,(H,18,20). The van der Waals surface area contributed by atoms with Crippen LogP contribution in [-0.4, -0.2) is 34.4 Å². The quantitative estimate of drug-likeness (QED) is 0.932. The maximum atomic E-state index is 12.6. The van der Waals surface area contributed by atoms with Gasteiger partial charge in [0, 0.05) is 17.4 Å². The molecule has 3 atom stereocenters. The summed E-state index contributed by atoms with van der Waals surface area (Å²) < 4.78 is 0. The number of anilines is 1. The van der Waals surface area contributed by atoms with Gasteiger partial charge in [0.25, 0.3) is 0 Å². The Morgan fingerprint density at radius 2 is 2.05 bits per heavy atom. The fourth-order valence-corrected chi connectivity index (χ4v) is 4.09. The molecule has 5 heteroatoms. The van der Waals surface area contributed by atoms with E-state index in [1.165, 1.54) is 5.56 Å². The molecule has 3 rings (SSSR count). The lowest BCUT2D eigenvalue weighted by Crippen LogP contribution is -2.45. The largest absolute Gasteiger partial charge is 0.324 e. The number of thioether (sulfide) groups is 1. The Balaban J connectivity index is 1.69. The van der Waals surface area contributed by atoms with Gasteiger partial charge in [0.2, 0.25) is 11.8 Å². The summed E-state index contributed by atoms with van der Waals surface area (Å²) in [4.78, 5) is 26.8. The number of rotatable bonds is 3. The molecule has 22 heavy (non-hydrogen) atoms. The van der Waals surface area contributed by atoms with Crippen LogP contribution in [0, 0.1) is 25.7 Å². The normalized spacial score (nSPS) is 26.9. The molecule has 0 aromatic heterocycles. The van der Waals surface area contributed by atoms with Gasteiger partial charge in [0.1, 0.15) is 6.04 Å². The first kappa shape index (κ1) is 15.4. The van der Waals surface area contributed by atoms with Crippen molar-refractivity contribution >= 4 is 29.3 Å². The third-order valence-electron chi connectivity index (χ3n) is 4.53. The third-order valence-corrected chi connectivity index (χ3v) is 5.55. The van der Waals surface area contributed by atoms with Gasteiger partial charge in [-0.25, -0.2) is 0 Å². The van der Waals surface area contributed by atoms with E-state index in [1.807, 2.05) is 32.0 Å². The van der Waals surface area contributed by atoms with Crippen molar-refractivity contribution in [3.63, 3.8) is 0 Å². The second kappa shape index (κ2) is 5.95. The zero-order chi connectivity index (χ0) is 15.9. The van der Waals surface area contributed by atoms with Crippen molar-refractivity contribution in [2.45, 2.75) is 33.2 Å². The lowest BCUT2D eigenvalue weighted by Gasteiger charge is -2.23. The summed E-state index contributed by atoms with van der Waals surface area (Å²) in [6.07, 6.45) is 0.964. The summed E-state index contributed by atoms with van der Waals surface area (Å²) in [5, 5.41) is 2.99. The molecule has 118 valence electrons. The van der Waals surface area contributed by atoms with Crippen LogP contribution in [0.2, 0.25) is 0 Å². The first-order valence-electron chi connectivity index (χ1n) is 7.73. The van der Waals surface area contributed by atoms with Gasteiger partial charge in [-0.3, -0.25) is 9.59 Å². The van der Waals surface area contributed by atoms with Crippen molar-refractivity contribution in [2.24, 2.45) is 11.8 Å². The summed E-state index contributed by atoms with van der Waals surface area (Å²) >= 11 is 1.65. The molecule has 0 bridgehead atoms. The third kappa shape index (κ3) is 3.00. The number of hydrogen-bond donors (Lipinski definition) is 1. The summed E-state index contributed by atoms with van der Waals surface area (Å²) in [5.41, 5.74) is 3.05. The molecule has 1 saturated heterocycles. The highest BCUT2D eigenvalue weighted by atomic mass is 32.2. The molecule has 1 saturated carbocycles. The van der Waals surface area contributed by atoms with Gasteiger partial charge in [0.05, 0.1) is 5.88 Å². The molecule has 1 aliphatic heterocycles. The summed E-state index contributed by atoms with van der Waals surface area (Å²) in [6, 6.07) is 5.63. The average Bonchev–Trinajstić information content (AvgIpc) is 3.01. The second-order valence-electron chi connectivity index (χ2n) is 6.45. The zero-order valence-electron chi connectivity index (χ0n) is 13.3. The SMILES string of the molecule is Cc1ccc(NC(=O)C2CSCN2C(=O)C2CC2C)c(C)c1. The molecule has 1 N–H and O–H groups in total. The monoisotopic (exact) mass is 318 g/mol. The minimum Gasteiger partial charge on any atom is -0.324 e. The molecular formula is C17H22N2O2S. The molecule has 1 aromatic rings. The van der Waals surface area contributed by atoms with Crippen LogP contribution >= 0.6 is 11.8 Å². The van der Waals surface area contributed by atoms with Gasteiger partial charge in [-0.05, 0) is 37.8 Å². The summed E-state index contributed by atoms with van der Waals surface area (Å²) in [5.74, 6) is 2.00. The fraction of sp³-hybridized carbons (Fsp3) is 0.529. The van der Waals surface area contributed by atoms with Crippen LogP contribution in [0.15, 0.2) is 18.2 Å². The minimum absolute atomic E-state index is 0.0707. The van der Waals surface area contributed by atoms with E-state index in [1.54, 1.807) is 16.7 Å². The maximum Gasteiger partial charge on any atom is 0.248 e. The van der Waals surface area contributed by atoms with Crippen LogP contribution in [0.4, 0.5) is 5.69 Å². The number of nitrogens with one attached hydrogen (secondary N) is 1. The molecule has 1 aromatic carbocycles. The molecule has 1 aliphatic carbocycles. The van der Waals surface area contributed by atoms with Crippen molar-refractivity contribution < 1.29 is 9.59 Å². The van der Waals surface area contributed by atoms with Crippen molar-refractivity contribution in [2.75, 3.05) is 16.9 Å². The Kier molecular flexibility index (Phi) is 4.17. The zero-order valence-corrected chi connectivity index (χ0v) is 14.1. The molecule has 1 heterocycles. The van der Waals surface area contributed by atoms with E-state index in [-0.39, 0.29) is 23.8 Å². The number of benzene rings is 1. The molecule has 4 nitrogen and oxygen atoms in total. The van der Waals surface area contributed by atoms with Gasteiger partial charge < -0.3 is 10.2 Å². The maximum absolute atomic E-state index is 12.6. The fourth-order valence-electron chi connectivity index (χ4n) is 2.93. The van der Waals surface area contributed by atoms with Gasteiger partial charge in [-0.15, -0.1) is 11.8 Å². The van der Waals surface area contributed by atoms with E-state index in [2.05, 4.69) is 12.2 Å². The van der Waals surface area contributed by atoms with Crippen molar-refractivity contribution in [1.29, 1.82) is 0 Å². The number of nitrogens with zero attached hydrogens (tertiary/aromatic N) is 1. The smallest absolute Gasteiger partial charge is 0.248 e. The van der Waals surface area contributed by atoms with Crippen LogP contribution in [0.5, 0.6) is 0 Å². The Morgan fingerprint density at radius 3 is 2.68 bits per heavy atom. The molecule has 0 radical (unpaired) electrons. The molecular weight excluding hydrogens is 296 g/mol. The van der Waals surface area contributed by atoms with E-state index >= 15 is 0 Å². The summed E-state index contributed by atoms with van der Waals surface area (Å²) in [7, 11) is 0. The molecule has 0 spiro atoms. The van der Waals surface area contributed by atoms with E-state index in [0.29, 0.717) is 17.5 Å². The van der Waals surface area contributed by atoms with E-state index in [4.69, 9.17) is 0 Å². The van der Waals surface area contributed by atoms with Crippen LogP contribution in [0.25, 0.3) is 0 Å². The Bertz CT molecular complexity index is 617. The van der Waals surface area contributed by atoms with Crippen LogP contribution in [0.1, 0.15) is 24.5 Å². The van der Waals surface area contributed by atoms with Crippen molar-refractivity contribution in [1.82, 2.24) is 4.90 Å². The number of hydrogen-bond acceptors (Lipinski definition) is 3. The molecule has 2 aliphatic rings. The Labute approximate surface area is 135 Å². The van der Waals surface area contributed by atoms with Crippen molar-refractivity contribution in [3.8, 4) is 0 Å². The minimum atomic E-state index is -0.342. The first-order chi connectivity index (χ1) is 10.5. The highest BCUT2D eigenvalue weighted by Crippen LogP contribution is 2.41. The van der Waals surface area contributed by atoms with Crippen LogP contribution in [-0.2, 0) is 9.59 Å². The second-order valence-corrected chi connectivity index (χ2v) is 7.45. The number of carbonyl (C=O) groups excluding carboxylic acids is 2. The predicted molar refractivity (Wildman–Crippen MR) is 89.8 cm³/mol. The van der Waals surface area contributed by atoms with Crippen molar-refractivity contribution in [3.05, 3.63) is 29.3 Å². The lowest BCUT2D eigenvalue weighted by molar-refractivity contribution is -0.137. The topological polar surface area (TPSA) is 49.4 Å². The van der Waals surface area contributed by atoms with Crippen LogP contribution < -0.4 is 5.32 Å². The highest BCUT2D eigenvalue weighted by Gasteiger charge is 2.45. The number of amides is 2. The number of carbonyl (C=O) groups is 2. The van der Waals surface area contributed by atoms with E-state index in [9.17, 15) is 9.59 Å². The lowest BCUT2D eigenvalue weighted by atomic mass is 10.1. The average molecular weight is 318 g/mol. The predicted octanol–water partition coefficient (Wildman–Crippen LogP) is 2.80. The molecule has 2 amide bonds. The van der Waals surface area contributed by atoms with E-state index < -0.39 is 0 Å². The highest BCUT2D eigenvalue weighted by molar-refractivity contribution is 7.99. The molecule has 2 fully saturated rings. The Hall–Kier alpha value is -1.49. The number of aryl methyl sites for hydroxylation is 2. The van der Waals surface area contributed by atoms with Gasteiger partial charge in [0.15, 0.2) is 0 Å². The Morgan fingerprint density at radius 1 is 1.32 bits per heavy atom. The van der Waals surface area contributed by atoms with Gasteiger partial charge in [-0.1, -0.05) is 24.6 Å². The van der Waals surface area contributed by atoms with Crippen LogP contribution in [0.3, 0.4) is 0 Å². The molecule has 3 unspecified atom stereocenters.